The molecule has 0 fully saturated rings. The van der Waals surface area contributed by atoms with Crippen LogP contribution in [0.3, 0.4) is 0 Å². The summed E-state index contributed by atoms with van der Waals surface area (Å²) >= 11 is 6.00. The van der Waals surface area contributed by atoms with Gasteiger partial charge in [-0.05, 0) is 30.3 Å². The number of halogens is 1. The lowest BCUT2D eigenvalue weighted by Gasteiger charge is -2.00. The van der Waals surface area contributed by atoms with Gasteiger partial charge in [-0.15, -0.1) is 0 Å². The van der Waals surface area contributed by atoms with Crippen LogP contribution in [0.15, 0.2) is 36.4 Å². The van der Waals surface area contributed by atoms with Crippen molar-refractivity contribution in [3.63, 3.8) is 0 Å². The standard InChI is InChI=1S/C14H12ClN3O/c1-19-11-2-3-12-13(7-11)18-14(17-12)8-4-9(15)6-10(16)5-8/h2-7H,16H2,1H3,(H,17,18). The van der Waals surface area contributed by atoms with Gasteiger partial charge < -0.3 is 15.5 Å². The number of H-pyrrole nitrogens is 1. The average molecular weight is 274 g/mol. The molecule has 2 aromatic carbocycles. The number of aromatic amines is 1. The molecule has 0 radical (unpaired) electrons. The van der Waals surface area contributed by atoms with Crippen molar-refractivity contribution in [1.29, 1.82) is 0 Å². The zero-order valence-corrected chi connectivity index (χ0v) is 11.0. The molecular formula is C14H12ClN3O. The number of nitrogens with zero attached hydrogens (tertiary/aromatic N) is 1. The van der Waals surface area contributed by atoms with Crippen LogP contribution in [0.5, 0.6) is 5.75 Å². The first-order valence-corrected chi connectivity index (χ1v) is 6.14. The number of nitrogen functional groups attached to an aromatic ring is 1. The lowest BCUT2D eigenvalue weighted by Crippen LogP contribution is -1.87. The van der Waals surface area contributed by atoms with Crippen LogP contribution in [0, 0.1) is 0 Å². The number of nitrogens with two attached hydrogens (primary N) is 1. The van der Waals surface area contributed by atoms with E-state index in [4.69, 9.17) is 22.1 Å². The van der Waals surface area contributed by atoms with E-state index in [0.29, 0.717) is 10.7 Å². The molecule has 0 aliphatic heterocycles. The highest BCUT2D eigenvalue weighted by atomic mass is 35.5. The fourth-order valence-electron chi connectivity index (χ4n) is 2.00. The summed E-state index contributed by atoms with van der Waals surface area (Å²) in [7, 11) is 1.64. The van der Waals surface area contributed by atoms with E-state index in [1.54, 1.807) is 13.2 Å². The predicted octanol–water partition coefficient (Wildman–Crippen LogP) is 3.47. The minimum Gasteiger partial charge on any atom is -0.497 e. The molecule has 96 valence electrons. The number of ether oxygens (including phenoxy) is 1. The van der Waals surface area contributed by atoms with Crippen LogP contribution in [0.1, 0.15) is 0 Å². The molecule has 5 heteroatoms. The SMILES string of the molecule is COc1ccc2nc(-c3cc(N)cc(Cl)c3)[nH]c2c1. The normalized spacial score (nSPS) is 10.8. The van der Waals surface area contributed by atoms with Crippen LogP contribution in [0.2, 0.25) is 5.02 Å². The number of benzene rings is 2. The Bertz CT molecular complexity index is 731. The van der Waals surface area contributed by atoms with Gasteiger partial charge in [0.25, 0.3) is 0 Å². The molecule has 1 aromatic heterocycles. The molecule has 0 amide bonds. The van der Waals surface area contributed by atoms with Crippen LogP contribution in [-0.4, -0.2) is 17.1 Å². The maximum Gasteiger partial charge on any atom is 0.138 e. The van der Waals surface area contributed by atoms with Crippen molar-refractivity contribution in [2.75, 3.05) is 12.8 Å². The Kier molecular flexibility index (Phi) is 2.80. The van der Waals surface area contributed by atoms with Crippen molar-refractivity contribution in [3.8, 4) is 17.1 Å². The molecule has 0 unspecified atom stereocenters. The molecule has 0 bridgehead atoms. The molecular weight excluding hydrogens is 262 g/mol. The molecule has 3 aromatic rings. The number of hydrogen-bond acceptors (Lipinski definition) is 3. The van der Waals surface area contributed by atoms with Gasteiger partial charge in [-0.25, -0.2) is 4.98 Å². The van der Waals surface area contributed by atoms with Gasteiger partial charge in [0.05, 0.1) is 18.1 Å². The minimum atomic E-state index is 0.591. The Labute approximate surface area is 115 Å². The van der Waals surface area contributed by atoms with Gasteiger partial charge in [0.2, 0.25) is 0 Å². The monoisotopic (exact) mass is 273 g/mol. The summed E-state index contributed by atoms with van der Waals surface area (Å²) in [5.41, 5.74) is 9.04. The maximum absolute atomic E-state index is 6.00. The number of methoxy groups -OCH3 is 1. The summed E-state index contributed by atoms with van der Waals surface area (Å²) in [6.07, 6.45) is 0. The zero-order valence-electron chi connectivity index (χ0n) is 10.3. The molecule has 0 aliphatic rings. The number of fused-ring (bicyclic) bond motifs is 1. The van der Waals surface area contributed by atoms with Crippen molar-refractivity contribution in [2.24, 2.45) is 0 Å². The predicted molar refractivity (Wildman–Crippen MR) is 77.5 cm³/mol. The molecule has 0 saturated heterocycles. The molecule has 0 spiro atoms. The summed E-state index contributed by atoms with van der Waals surface area (Å²) in [5, 5.41) is 0.591. The van der Waals surface area contributed by atoms with Crippen LogP contribution in [-0.2, 0) is 0 Å². The molecule has 0 aliphatic carbocycles. The van der Waals surface area contributed by atoms with E-state index in [1.807, 2.05) is 30.3 Å². The third kappa shape index (κ3) is 2.22. The Morgan fingerprint density at radius 1 is 1.21 bits per heavy atom. The van der Waals surface area contributed by atoms with Crippen molar-refractivity contribution in [3.05, 3.63) is 41.4 Å². The van der Waals surface area contributed by atoms with E-state index in [9.17, 15) is 0 Å². The van der Waals surface area contributed by atoms with Crippen LogP contribution >= 0.6 is 11.6 Å². The summed E-state index contributed by atoms with van der Waals surface area (Å²) < 4.78 is 5.19. The van der Waals surface area contributed by atoms with Crippen LogP contribution < -0.4 is 10.5 Å². The zero-order chi connectivity index (χ0) is 13.4. The van der Waals surface area contributed by atoms with Crippen molar-refractivity contribution in [2.45, 2.75) is 0 Å². The van der Waals surface area contributed by atoms with Gasteiger partial charge in [-0.2, -0.15) is 0 Å². The van der Waals surface area contributed by atoms with Crippen molar-refractivity contribution >= 4 is 28.3 Å². The summed E-state index contributed by atoms with van der Waals surface area (Å²) in [5.74, 6) is 1.52. The van der Waals surface area contributed by atoms with Gasteiger partial charge >= 0.3 is 0 Å². The van der Waals surface area contributed by atoms with E-state index in [0.717, 1.165) is 28.2 Å². The lowest BCUT2D eigenvalue weighted by atomic mass is 10.2. The van der Waals surface area contributed by atoms with E-state index in [2.05, 4.69) is 9.97 Å². The highest BCUT2D eigenvalue weighted by molar-refractivity contribution is 6.31. The molecule has 0 saturated carbocycles. The van der Waals surface area contributed by atoms with Crippen LogP contribution in [0.4, 0.5) is 5.69 Å². The maximum atomic E-state index is 6.00. The second-order valence-corrected chi connectivity index (χ2v) is 4.68. The van der Waals surface area contributed by atoms with Gasteiger partial charge in [0.15, 0.2) is 0 Å². The molecule has 3 N–H and O–H groups in total. The highest BCUT2D eigenvalue weighted by Gasteiger charge is 2.07. The summed E-state index contributed by atoms with van der Waals surface area (Å²) in [4.78, 5) is 7.75. The number of aromatic nitrogens is 2. The smallest absolute Gasteiger partial charge is 0.138 e. The van der Waals surface area contributed by atoms with E-state index >= 15 is 0 Å². The molecule has 3 rings (SSSR count). The molecule has 0 atom stereocenters. The minimum absolute atomic E-state index is 0.591. The average Bonchev–Trinajstić information content (AvgIpc) is 2.80. The fourth-order valence-corrected chi connectivity index (χ4v) is 2.25. The third-order valence-corrected chi connectivity index (χ3v) is 3.10. The van der Waals surface area contributed by atoms with Crippen molar-refractivity contribution in [1.82, 2.24) is 9.97 Å². The van der Waals surface area contributed by atoms with Gasteiger partial charge in [0, 0.05) is 22.3 Å². The number of imidazole rings is 1. The Morgan fingerprint density at radius 2 is 2.05 bits per heavy atom. The lowest BCUT2D eigenvalue weighted by molar-refractivity contribution is 0.415. The Balaban J connectivity index is 2.14. The highest BCUT2D eigenvalue weighted by Crippen LogP contribution is 2.27. The third-order valence-electron chi connectivity index (χ3n) is 2.88. The number of anilines is 1. The molecule has 4 nitrogen and oxygen atoms in total. The molecule has 1 heterocycles. The van der Waals surface area contributed by atoms with Crippen molar-refractivity contribution < 1.29 is 4.74 Å². The Hall–Kier alpha value is -2.20. The van der Waals surface area contributed by atoms with Crippen LogP contribution in [0.25, 0.3) is 22.4 Å². The first-order valence-electron chi connectivity index (χ1n) is 5.76. The number of hydrogen-bond donors (Lipinski definition) is 2. The second-order valence-electron chi connectivity index (χ2n) is 4.24. The topological polar surface area (TPSA) is 63.9 Å². The fraction of sp³-hybridized carbons (Fsp3) is 0.0714. The first kappa shape index (κ1) is 11.9. The van der Waals surface area contributed by atoms with E-state index in [1.165, 1.54) is 0 Å². The summed E-state index contributed by atoms with van der Waals surface area (Å²) in [6.45, 7) is 0. The largest absolute Gasteiger partial charge is 0.497 e. The first-order chi connectivity index (χ1) is 9.15. The van der Waals surface area contributed by atoms with Gasteiger partial charge in [-0.1, -0.05) is 11.6 Å². The Morgan fingerprint density at radius 3 is 2.79 bits per heavy atom. The second kappa shape index (κ2) is 4.48. The summed E-state index contributed by atoms with van der Waals surface area (Å²) in [6, 6.07) is 11.0. The van der Waals surface area contributed by atoms with E-state index in [-0.39, 0.29) is 0 Å². The van der Waals surface area contributed by atoms with E-state index < -0.39 is 0 Å². The number of nitrogens with one attached hydrogen (secondary N) is 1. The quantitative estimate of drug-likeness (QED) is 0.703. The van der Waals surface area contributed by atoms with Gasteiger partial charge in [-0.3, -0.25) is 0 Å². The molecule has 19 heavy (non-hydrogen) atoms. The van der Waals surface area contributed by atoms with Gasteiger partial charge in [0.1, 0.15) is 11.6 Å². The number of rotatable bonds is 2.